The monoisotopic (exact) mass is 318 g/mol. The Morgan fingerprint density at radius 1 is 1.29 bits per heavy atom. The van der Waals surface area contributed by atoms with Gasteiger partial charge in [0.25, 0.3) is 5.91 Å². The van der Waals surface area contributed by atoms with Crippen molar-refractivity contribution < 1.29 is 4.79 Å². The van der Waals surface area contributed by atoms with Crippen molar-refractivity contribution >= 4 is 28.8 Å². The third kappa shape index (κ3) is 4.33. The lowest BCUT2D eigenvalue weighted by Crippen LogP contribution is -2.25. The minimum Gasteiger partial charge on any atom is -0.337 e. The Balaban J connectivity index is 2.05. The second-order valence-electron chi connectivity index (χ2n) is 4.46. The van der Waals surface area contributed by atoms with Crippen LogP contribution in [0.5, 0.6) is 0 Å². The van der Waals surface area contributed by atoms with Crippen LogP contribution in [0.2, 0.25) is 5.02 Å². The fourth-order valence-corrected chi connectivity index (χ4v) is 2.78. The van der Waals surface area contributed by atoms with Crippen molar-refractivity contribution in [1.29, 1.82) is 0 Å². The van der Waals surface area contributed by atoms with E-state index < -0.39 is 0 Å². The van der Waals surface area contributed by atoms with Gasteiger partial charge in [-0.1, -0.05) is 35.6 Å². The van der Waals surface area contributed by atoms with Gasteiger partial charge in [-0.2, -0.15) is 0 Å². The number of thiophene rings is 1. The molecule has 0 atom stereocenters. The Morgan fingerprint density at radius 2 is 2.00 bits per heavy atom. The predicted octanol–water partition coefficient (Wildman–Crippen LogP) is 2.98. The van der Waals surface area contributed by atoms with E-state index in [4.69, 9.17) is 17.3 Å². The normalized spacial score (nSPS) is 9.86. The average Bonchev–Trinajstić information content (AvgIpc) is 2.95. The number of amides is 1. The van der Waals surface area contributed by atoms with Crippen LogP contribution < -0.4 is 5.73 Å². The molecule has 2 N–H and O–H groups in total. The standard InChI is InChI=1S/C16H15ClN2OS/c1-19(11-12-4-6-13(17)7-5-12)16(20)15-9-8-14(21-15)3-2-10-18/h4-9H,10-11,18H2,1H3. The highest BCUT2D eigenvalue weighted by Gasteiger charge is 2.14. The fraction of sp³-hybridized carbons (Fsp3) is 0.188. The van der Waals surface area contributed by atoms with Gasteiger partial charge in [-0.05, 0) is 29.8 Å². The van der Waals surface area contributed by atoms with Crippen molar-refractivity contribution in [3.63, 3.8) is 0 Å². The van der Waals surface area contributed by atoms with Gasteiger partial charge in [0.05, 0.1) is 16.3 Å². The number of hydrogen-bond acceptors (Lipinski definition) is 3. The van der Waals surface area contributed by atoms with Gasteiger partial charge < -0.3 is 10.6 Å². The molecule has 2 rings (SSSR count). The van der Waals surface area contributed by atoms with Crippen LogP contribution in [0.25, 0.3) is 0 Å². The molecule has 108 valence electrons. The van der Waals surface area contributed by atoms with Crippen molar-refractivity contribution in [2.24, 2.45) is 5.73 Å². The zero-order chi connectivity index (χ0) is 15.2. The highest BCUT2D eigenvalue weighted by Crippen LogP contribution is 2.18. The predicted molar refractivity (Wildman–Crippen MR) is 87.5 cm³/mol. The summed E-state index contributed by atoms with van der Waals surface area (Å²) in [5.41, 5.74) is 6.37. The van der Waals surface area contributed by atoms with Crippen molar-refractivity contribution in [3.8, 4) is 11.8 Å². The van der Waals surface area contributed by atoms with E-state index in [2.05, 4.69) is 11.8 Å². The third-order valence-electron chi connectivity index (χ3n) is 2.81. The summed E-state index contributed by atoms with van der Waals surface area (Å²) in [7, 11) is 1.78. The number of benzene rings is 1. The number of carbonyl (C=O) groups is 1. The van der Waals surface area contributed by atoms with E-state index in [1.54, 1.807) is 18.0 Å². The molecule has 0 aliphatic carbocycles. The summed E-state index contributed by atoms with van der Waals surface area (Å²) in [6, 6.07) is 11.1. The summed E-state index contributed by atoms with van der Waals surface area (Å²) in [5.74, 6) is 5.70. The zero-order valence-electron chi connectivity index (χ0n) is 11.6. The number of hydrogen-bond donors (Lipinski definition) is 1. The second-order valence-corrected chi connectivity index (χ2v) is 5.98. The van der Waals surface area contributed by atoms with Gasteiger partial charge in [0.15, 0.2) is 0 Å². The van der Waals surface area contributed by atoms with Crippen LogP contribution >= 0.6 is 22.9 Å². The number of rotatable bonds is 3. The summed E-state index contributed by atoms with van der Waals surface area (Å²) >= 11 is 7.23. The van der Waals surface area contributed by atoms with Gasteiger partial charge >= 0.3 is 0 Å². The van der Waals surface area contributed by atoms with Gasteiger partial charge in [-0.3, -0.25) is 4.79 Å². The molecule has 0 fully saturated rings. The smallest absolute Gasteiger partial charge is 0.264 e. The first-order valence-electron chi connectivity index (χ1n) is 6.39. The third-order valence-corrected chi connectivity index (χ3v) is 4.05. The molecule has 1 heterocycles. The van der Waals surface area contributed by atoms with Crippen molar-refractivity contribution in [2.75, 3.05) is 13.6 Å². The Bertz CT molecular complexity index is 682. The lowest BCUT2D eigenvalue weighted by Gasteiger charge is -2.16. The van der Waals surface area contributed by atoms with Crippen LogP contribution in [0.4, 0.5) is 0 Å². The molecule has 1 aromatic heterocycles. The second kappa shape index (κ2) is 7.28. The molecule has 0 saturated heterocycles. The summed E-state index contributed by atoms with van der Waals surface area (Å²) in [5, 5.41) is 0.689. The molecular weight excluding hydrogens is 304 g/mol. The topological polar surface area (TPSA) is 46.3 Å². The quantitative estimate of drug-likeness (QED) is 0.884. The maximum Gasteiger partial charge on any atom is 0.264 e. The van der Waals surface area contributed by atoms with Gasteiger partial charge in [0.2, 0.25) is 0 Å². The average molecular weight is 319 g/mol. The maximum atomic E-state index is 12.3. The van der Waals surface area contributed by atoms with E-state index in [0.717, 1.165) is 10.4 Å². The van der Waals surface area contributed by atoms with Crippen LogP contribution in [0.3, 0.4) is 0 Å². The highest BCUT2D eigenvalue weighted by atomic mass is 35.5. The van der Waals surface area contributed by atoms with Crippen LogP contribution in [0.15, 0.2) is 36.4 Å². The van der Waals surface area contributed by atoms with E-state index in [9.17, 15) is 4.79 Å². The maximum absolute atomic E-state index is 12.3. The van der Waals surface area contributed by atoms with Crippen molar-refractivity contribution in [1.82, 2.24) is 4.90 Å². The molecule has 0 bridgehead atoms. The van der Waals surface area contributed by atoms with Crippen LogP contribution in [0, 0.1) is 11.8 Å². The van der Waals surface area contributed by atoms with Gasteiger partial charge in [-0.15, -0.1) is 11.3 Å². The Kier molecular flexibility index (Phi) is 5.40. The first kappa shape index (κ1) is 15.6. The van der Waals surface area contributed by atoms with Crippen molar-refractivity contribution in [2.45, 2.75) is 6.54 Å². The summed E-state index contributed by atoms with van der Waals surface area (Å²) in [6.45, 7) is 0.857. The zero-order valence-corrected chi connectivity index (χ0v) is 13.2. The first-order chi connectivity index (χ1) is 10.1. The lowest BCUT2D eigenvalue weighted by molar-refractivity contribution is 0.0790. The van der Waals surface area contributed by atoms with E-state index >= 15 is 0 Å². The first-order valence-corrected chi connectivity index (χ1v) is 7.58. The molecule has 1 aromatic carbocycles. The van der Waals surface area contributed by atoms with E-state index in [0.29, 0.717) is 23.0 Å². The number of nitrogens with two attached hydrogens (primary N) is 1. The molecule has 0 aliphatic rings. The molecule has 2 aromatic rings. The Hall–Kier alpha value is -1.80. The molecule has 0 spiro atoms. The molecule has 0 aliphatic heterocycles. The highest BCUT2D eigenvalue weighted by molar-refractivity contribution is 7.14. The molecule has 0 saturated carbocycles. The molecule has 1 amide bonds. The number of carbonyl (C=O) groups excluding carboxylic acids is 1. The van der Waals surface area contributed by atoms with Crippen molar-refractivity contribution in [3.05, 3.63) is 56.7 Å². The molecule has 21 heavy (non-hydrogen) atoms. The largest absolute Gasteiger partial charge is 0.337 e. The fourth-order valence-electron chi connectivity index (χ4n) is 1.78. The molecule has 5 heteroatoms. The van der Waals surface area contributed by atoms with Crippen LogP contribution in [0.1, 0.15) is 20.1 Å². The Labute approximate surface area is 133 Å². The lowest BCUT2D eigenvalue weighted by atomic mass is 10.2. The van der Waals surface area contributed by atoms with Gasteiger partial charge in [0.1, 0.15) is 0 Å². The minimum absolute atomic E-state index is 0.0178. The van der Waals surface area contributed by atoms with E-state index in [1.807, 2.05) is 30.3 Å². The number of halogens is 1. The molecule has 0 unspecified atom stereocenters. The SMILES string of the molecule is CN(Cc1ccc(Cl)cc1)C(=O)c1ccc(C#CCN)s1. The summed E-state index contributed by atoms with van der Waals surface area (Å²) < 4.78 is 0. The van der Waals surface area contributed by atoms with E-state index in [1.165, 1.54) is 11.3 Å². The molecule has 0 radical (unpaired) electrons. The van der Waals surface area contributed by atoms with Gasteiger partial charge in [0, 0.05) is 18.6 Å². The summed E-state index contributed by atoms with van der Waals surface area (Å²) in [6.07, 6.45) is 0. The van der Waals surface area contributed by atoms with E-state index in [-0.39, 0.29) is 5.91 Å². The Morgan fingerprint density at radius 3 is 2.67 bits per heavy atom. The van der Waals surface area contributed by atoms with Crippen LogP contribution in [-0.2, 0) is 6.54 Å². The minimum atomic E-state index is -0.0178. The van der Waals surface area contributed by atoms with Crippen LogP contribution in [-0.4, -0.2) is 24.4 Å². The van der Waals surface area contributed by atoms with Gasteiger partial charge in [-0.25, -0.2) is 0 Å². The number of nitrogens with zero attached hydrogens (tertiary/aromatic N) is 1. The summed E-state index contributed by atoms with van der Waals surface area (Å²) in [4.78, 5) is 15.5. The molecule has 3 nitrogen and oxygen atoms in total. The molecular formula is C16H15ClN2OS.